The molecule has 2 N–H and O–H groups in total. The van der Waals surface area contributed by atoms with Gasteiger partial charge in [-0.25, -0.2) is 4.98 Å². The zero-order valence-electron chi connectivity index (χ0n) is 15.4. The summed E-state index contributed by atoms with van der Waals surface area (Å²) in [5.74, 6) is 1.75. The van der Waals surface area contributed by atoms with Gasteiger partial charge in [-0.2, -0.15) is 5.26 Å². The summed E-state index contributed by atoms with van der Waals surface area (Å²) in [7, 11) is 1.67. The van der Waals surface area contributed by atoms with Crippen molar-refractivity contribution in [3.05, 3.63) is 53.6 Å². The molecule has 1 atom stereocenters. The van der Waals surface area contributed by atoms with Crippen molar-refractivity contribution < 1.29 is 4.74 Å². The second-order valence-electron chi connectivity index (χ2n) is 7.01. The zero-order valence-corrected chi connectivity index (χ0v) is 15.4. The molecule has 1 unspecified atom stereocenters. The molecule has 0 amide bonds. The van der Waals surface area contributed by atoms with E-state index in [1.807, 2.05) is 42.5 Å². The van der Waals surface area contributed by atoms with Gasteiger partial charge in [-0.3, -0.25) is 0 Å². The van der Waals surface area contributed by atoms with Crippen LogP contribution in [0.5, 0.6) is 5.75 Å². The third kappa shape index (κ3) is 3.46. The number of aromatic nitrogens is 2. The number of hydrogen-bond donors (Lipinski definition) is 1. The fourth-order valence-corrected chi connectivity index (χ4v) is 3.67. The Balaban J connectivity index is 1.78. The number of nitrogens with two attached hydrogens (primary N) is 1. The second-order valence-corrected chi connectivity index (χ2v) is 7.01. The highest BCUT2D eigenvalue weighted by Crippen LogP contribution is 2.29. The van der Waals surface area contributed by atoms with Crippen molar-refractivity contribution in [2.24, 2.45) is 5.73 Å². The van der Waals surface area contributed by atoms with Gasteiger partial charge in [0.15, 0.2) is 0 Å². The summed E-state index contributed by atoms with van der Waals surface area (Å²) in [5.41, 5.74) is 9.97. The van der Waals surface area contributed by atoms with Crippen LogP contribution in [0.3, 0.4) is 0 Å². The Kier molecular flexibility index (Phi) is 4.69. The number of benzene rings is 2. The van der Waals surface area contributed by atoms with E-state index in [0.29, 0.717) is 12.1 Å². The van der Waals surface area contributed by atoms with Crippen LogP contribution >= 0.6 is 0 Å². The molecule has 1 aliphatic rings. The Morgan fingerprint density at radius 2 is 2.07 bits per heavy atom. The minimum Gasteiger partial charge on any atom is -0.497 e. The van der Waals surface area contributed by atoms with Crippen molar-refractivity contribution in [1.82, 2.24) is 9.55 Å². The molecule has 1 aliphatic heterocycles. The molecule has 138 valence electrons. The standard InChI is InChI=1S/C21H23N5O/c1-27-18-8-9-19-20(11-18)26(13-16-6-4-15(12-22)5-7-16)21(24-19)25-10-2-3-17(23)14-25/h4-9,11,17H,2-3,10,13-14,23H2,1H3. The van der Waals surface area contributed by atoms with Gasteiger partial charge in [-0.15, -0.1) is 0 Å². The van der Waals surface area contributed by atoms with Crippen molar-refractivity contribution in [1.29, 1.82) is 5.26 Å². The molecular formula is C21H23N5O. The van der Waals surface area contributed by atoms with Gasteiger partial charge >= 0.3 is 0 Å². The highest BCUT2D eigenvalue weighted by atomic mass is 16.5. The van der Waals surface area contributed by atoms with Crippen molar-refractivity contribution >= 4 is 17.0 Å². The zero-order chi connectivity index (χ0) is 18.8. The first kappa shape index (κ1) is 17.4. The maximum absolute atomic E-state index is 9.03. The lowest BCUT2D eigenvalue weighted by Crippen LogP contribution is -2.44. The number of fused-ring (bicyclic) bond motifs is 1. The summed E-state index contributed by atoms with van der Waals surface area (Å²) in [6, 6.07) is 16.0. The molecule has 6 nitrogen and oxygen atoms in total. The Morgan fingerprint density at radius 1 is 1.26 bits per heavy atom. The molecule has 1 aromatic heterocycles. The lowest BCUT2D eigenvalue weighted by atomic mass is 10.1. The van der Waals surface area contributed by atoms with E-state index in [9.17, 15) is 0 Å². The topological polar surface area (TPSA) is 80.1 Å². The van der Waals surface area contributed by atoms with Crippen molar-refractivity contribution in [2.75, 3.05) is 25.1 Å². The number of anilines is 1. The first-order valence-electron chi connectivity index (χ1n) is 9.22. The average molecular weight is 361 g/mol. The molecule has 0 aliphatic carbocycles. The molecule has 27 heavy (non-hydrogen) atoms. The number of methoxy groups -OCH3 is 1. The monoisotopic (exact) mass is 361 g/mol. The summed E-state index contributed by atoms with van der Waals surface area (Å²) >= 11 is 0. The van der Waals surface area contributed by atoms with Crippen molar-refractivity contribution in [2.45, 2.75) is 25.4 Å². The predicted octanol–water partition coefficient (Wildman–Crippen LogP) is 2.89. The van der Waals surface area contributed by atoms with E-state index in [1.54, 1.807) is 7.11 Å². The fraction of sp³-hybridized carbons (Fsp3) is 0.333. The summed E-state index contributed by atoms with van der Waals surface area (Å²) in [6.07, 6.45) is 2.13. The molecule has 0 bridgehead atoms. The summed E-state index contributed by atoms with van der Waals surface area (Å²) in [5, 5.41) is 9.03. The Bertz CT molecular complexity index is 986. The highest BCUT2D eigenvalue weighted by Gasteiger charge is 2.23. The Labute approximate surface area is 158 Å². The molecule has 0 spiro atoms. The number of hydrogen-bond acceptors (Lipinski definition) is 5. The predicted molar refractivity (Wildman–Crippen MR) is 106 cm³/mol. The number of imidazole rings is 1. The minimum atomic E-state index is 0.177. The van der Waals surface area contributed by atoms with Gasteiger partial charge in [-0.05, 0) is 42.7 Å². The third-order valence-corrected chi connectivity index (χ3v) is 5.10. The van der Waals surface area contributed by atoms with Gasteiger partial charge in [0.1, 0.15) is 5.75 Å². The van der Waals surface area contributed by atoms with Crippen molar-refractivity contribution in [3.8, 4) is 11.8 Å². The lowest BCUT2D eigenvalue weighted by molar-refractivity contribution is 0.415. The fourth-order valence-electron chi connectivity index (χ4n) is 3.67. The molecule has 0 radical (unpaired) electrons. The third-order valence-electron chi connectivity index (χ3n) is 5.10. The molecule has 1 fully saturated rings. The van der Waals surface area contributed by atoms with Crippen molar-refractivity contribution in [3.63, 3.8) is 0 Å². The van der Waals surface area contributed by atoms with Crippen LogP contribution in [0, 0.1) is 11.3 Å². The van der Waals surface area contributed by atoms with E-state index in [2.05, 4.69) is 15.5 Å². The van der Waals surface area contributed by atoms with Gasteiger partial charge in [0, 0.05) is 25.2 Å². The van der Waals surface area contributed by atoms with Gasteiger partial charge < -0.3 is 19.9 Å². The quantitative estimate of drug-likeness (QED) is 0.773. The number of ether oxygens (including phenoxy) is 1. The lowest BCUT2D eigenvalue weighted by Gasteiger charge is -2.32. The summed E-state index contributed by atoms with van der Waals surface area (Å²) in [6.45, 7) is 2.45. The maximum atomic E-state index is 9.03. The first-order valence-corrected chi connectivity index (χ1v) is 9.22. The number of nitrogens with zero attached hydrogens (tertiary/aromatic N) is 4. The molecule has 6 heteroatoms. The van der Waals surface area contributed by atoms with Crippen LogP contribution < -0.4 is 15.4 Å². The van der Waals surface area contributed by atoms with E-state index in [4.69, 9.17) is 20.7 Å². The minimum absolute atomic E-state index is 0.177. The van der Waals surface area contributed by atoms with Crippen LogP contribution in [0.15, 0.2) is 42.5 Å². The van der Waals surface area contributed by atoms with E-state index in [-0.39, 0.29) is 6.04 Å². The van der Waals surface area contributed by atoms with Gasteiger partial charge in [0.25, 0.3) is 0 Å². The second kappa shape index (κ2) is 7.29. The van der Waals surface area contributed by atoms with E-state index < -0.39 is 0 Å². The van der Waals surface area contributed by atoms with E-state index in [0.717, 1.165) is 54.2 Å². The normalized spacial score (nSPS) is 17.1. The van der Waals surface area contributed by atoms with Crippen LogP contribution in [-0.2, 0) is 6.54 Å². The molecule has 2 heterocycles. The molecular weight excluding hydrogens is 338 g/mol. The number of nitriles is 1. The van der Waals surface area contributed by atoms with Crippen LogP contribution in [0.4, 0.5) is 5.95 Å². The molecule has 0 saturated carbocycles. The molecule has 3 aromatic rings. The average Bonchev–Trinajstić information content (AvgIpc) is 3.06. The van der Waals surface area contributed by atoms with Crippen LogP contribution in [0.25, 0.3) is 11.0 Å². The number of rotatable bonds is 4. The van der Waals surface area contributed by atoms with E-state index in [1.165, 1.54) is 0 Å². The first-order chi connectivity index (χ1) is 13.2. The summed E-state index contributed by atoms with van der Waals surface area (Å²) < 4.78 is 7.64. The number of piperidine rings is 1. The Hall–Kier alpha value is -3.04. The van der Waals surface area contributed by atoms with Gasteiger partial charge in [0.2, 0.25) is 5.95 Å². The van der Waals surface area contributed by atoms with Gasteiger partial charge in [-0.1, -0.05) is 12.1 Å². The van der Waals surface area contributed by atoms with E-state index >= 15 is 0 Å². The SMILES string of the molecule is COc1ccc2nc(N3CCCC(N)C3)n(Cc3ccc(C#N)cc3)c2c1. The molecule has 2 aromatic carbocycles. The van der Waals surface area contributed by atoms with Crippen LogP contribution in [-0.4, -0.2) is 35.8 Å². The van der Waals surface area contributed by atoms with Gasteiger partial charge in [0.05, 0.1) is 36.3 Å². The Morgan fingerprint density at radius 3 is 2.78 bits per heavy atom. The molecule has 4 rings (SSSR count). The highest BCUT2D eigenvalue weighted by molar-refractivity contribution is 5.80. The smallest absolute Gasteiger partial charge is 0.206 e. The molecule has 1 saturated heterocycles. The summed E-state index contributed by atoms with van der Waals surface area (Å²) in [4.78, 5) is 7.18. The maximum Gasteiger partial charge on any atom is 0.206 e. The van der Waals surface area contributed by atoms with Crippen LogP contribution in [0.1, 0.15) is 24.0 Å². The van der Waals surface area contributed by atoms with Crippen LogP contribution in [0.2, 0.25) is 0 Å². The largest absolute Gasteiger partial charge is 0.497 e.